The van der Waals surface area contributed by atoms with Crippen LogP contribution in [-0.2, 0) is 16.2 Å². The highest BCUT2D eigenvalue weighted by Gasteiger charge is 2.17. The maximum Gasteiger partial charge on any atom is 0.224 e. The zero-order valence-corrected chi connectivity index (χ0v) is 13.0. The summed E-state index contributed by atoms with van der Waals surface area (Å²) in [5.74, 6) is -0.234. The Bertz CT molecular complexity index is 537. The van der Waals surface area contributed by atoms with E-state index >= 15 is 0 Å². The summed E-state index contributed by atoms with van der Waals surface area (Å²) < 4.78 is 0. The molecule has 1 aliphatic rings. The Morgan fingerprint density at radius 2 is 1.86 bits per heavy atom. The van der Waals surface area contributed by atoms with Crippen LogP contribution in [0.4, 0.5) is 5.69 Å². The first kappa shape index (κ1) is 16.5. The van der Waals surface area contributed by atoms with Gasteiger partial charge in [0.05, 0.1) is 6.61 Å². The van der Waals surface area contributed by atoms with Gasteiger partial charge in [0.25, 0.3) is 0 Å². The minimum Gasteiger partial charge on any atom is -0.392 e. The molecule has 0 unspecified atom stereocenters. The fraction of sp³-hybridized carbons (Fsp3) is 0.529. The Labute approximate surface area is 131 Å². The first-order chi connectivity index (χ1) is 10.6. The molecule has 1 aliphatic carbocycles. The van der Waals surface area contributed by atoms with Gasteiger partial charge in [0.2, 0.25) is 11.8 Å². The number of carbonyl (C=O) groups is 2. The molecular weight excluding hydrogens is 280 g/mol. The fourth-order valence-electron chi connectivity index (χ4n) is 2.71. The average molecular weight is 304 g/mol. The lowest BCUT2D eigenvalue weighted by molar-refractivity contribution is -0.124. The fourth-order valence-corrected chi connectivity index (χ4v) is 2.71. The molecule has 0 atom stereocenters. The van der Waals surface area contributed by atoms with Gasteiger partial charge in [0.15, 0.2) is 0 Å². The number of carbonyl (C=O) groups excluding carboxylic acids is 2. The third kappa shape index (κ3) is 4.84. The predicted molar refractivity (Wildman–Crippen MR) is 85.4 cm³/mol. The highest BCUT2D eigenvalue weighted by Crippen LogP contribution is 2.18. The lowest BCUT2D eigenvalue weighted by Crippen LogP contribution is -2.33. The number of aliphatic hydroxyl groups excluding tert-OH is 1. The van der Waals surface area contributed by atoms with Crippen LogP contribution in [0.5, 0.6) is 0 Å². The quantitative estimate of drug-likeness (QED) is 0.754. The Kier molecular flexibility index (Phi) is 5.95. The number of benzene rings is 1. The maximum atomic E-state index is 12.0. The SMILES string of the molecule is Cc1ccc(CO)cc1NC(=O)CCC(=O)NC1CCCC1. The van der Waals surface area contributed by atoms with Gasteiger partial charge in [0.1, 0.15) is 0 Å². The normalized spacial score (nSPS) is 14.8. The van der Waals surface area contributed by atoms with Crippen LogP contribution in [0.3, 0.4) is 0 Å². The largest absolute Gasteiger partial charge is 0.392 e. The predicted octanol–water partition coefficient (Wildman–Crippen LogP) is 2.26. The van der Waals surface area contributed by atoms with Crippen molar-refractivity contribution in [3.63, 3.8) is 0 Å². The number of nitrogens with one attached hydrogen (secondary N) is 2. The summed E-state index contributed by atoms with van der Waals surface area (Å²) in [5, 5.41) is 14.9. The van der Waals surface area contributed by atoms with Gasteiger partial charge < -0.3 is 15.7 Å². The van der Waals surface area contributed by atoms with Gasteiger partial charge in [-0.05, 0) is 37.0 Å². The summed E-state index contributed by atoms with van der Waals surface area (Å²) in [6, 6.07) is 5.72. The Morgan fingerprint density at radius 1 is 1.18 bits per heavy atom. The van der Waals surface area contributed by atoms with Crippen molar-refractivity contribution in [3.05, 3.63) is 29.3 Å². The summed E-state index contributed by atoms with van der Waals surface area (Å²) in [6.07, 6.45) is 4.82. The first-order valence-corrected chi connectivity index (χ1v) is 7.88. The number of anilines is 1. The van der Waals surface area contributed by atoms with Gasteiger partial charge >= 0.3 is 0 Å². The summed E-state index contributed by atoms with van der Waals surface area (Å²) in [7, 11) is 0. The highest BCUT2D eigenvalue weighted by molar-refractivity contribution is 5.93. The molecule has 0 saturated heterocycles. The van der Waals surface area contributed by atoms with Gasteiger partial charge in [-0.25, -0.2) is 0 Å². The summed E-state index contributed by atoms with van der Waals surface area (Å²) in [4.78, 5) is 23.8. The molecule has 0 spiro atoms. The molecule has 2 rings (SSSR count). The van der Waals surface area contributed by atoms with E-state index in [9.17, 15) is 9.59 Å². The molecule has 120 valence electrons. The zero-order valence-electron chi connectivity index (χ0n) is 13.0. The topological polar surface area (TPSA) is 78.4 Å². The van der Waals surface area contributed by atoms with E-state index in [4.69, 9.17) is 5.11 Å². The molecule has 22 heavy (non-hydrogen) atoms. The monoisotopic (exact) mass is 304 g/mol. The summed E-state index contributed by atoms with van der Waals surface area (Å²) >= 11 is 0. The van der Waals surface area contributed by atoms with Crippen molar-refractivity contribution in [2.75, 3.05) is 5.32 Å². The van der Waals surface area contributed by atoms with Gasteiger partial charge in [-0.2, -0.15) is 0 Å². The second-order valence-corrected chi connectivity index (χ2v) is 5.90. The molecule has 5 nitrogen and oxygen atoms in total. The smallest absolute Gasteiger partial charge is 0.224 e. The van der Waals surface area contributed by atoms with Crippen LogP contribution < -0.4 is 10.6 Å². The van der Waals surface area contributed by atoms with Crippen molar-refractivity contribution >= 4 is 17.5 Å². The van der Waals surface area contributed by atoms with Crippen LogP contribution in [0.1, 0.15) is 49.7 Å². The highest BCUT2D eigenvalue weighted by atomic mass is 16.3. The average Bonchev–Trinajstić information content (AvgIpc) is 3.00. The molecule has 5 heteroatoms. The van der Waals surface area contributed by atoms with Gasteiger partial charge in [-0.3, -0.25) is 9.59 Å². The minimum absolute atomic E-state index is 0.0529. The molecular formula is C17H24N2O3. The zero-order chi connectivity index (χ0) is 15.9. The molecule has 3 N–H and O–H groups in total. The molecule has 0 radical (unpaired) electrons. The van der Waals surface area contributed by atoms with Crippen molar-refractivity contribution in [1.82, 2.24) is 5.32 Å². The lowest BCUT2D eigenvalue weighted by Gasteiger charge is -2.12. The molecule has 0 aromatic heterocycles. The van der Waals surface area contributed by atoms with E-state index < -0.39 is 0 Å². The van der Waals surface area contributed by atoms with Gasteiger partial charge in [-0.15, -0.1) is 0 Å². The molecule has 1 aromatic carbocycles. The molecule has 1 fully saturated rings. The third-order valence-corrected chi connectivity index (χ3v) is 4.06. The molecule has 2 amide bonds. The van der Waals surface area contributed by atoms with Crippen molar-refractivity contribution in [1.29, 1.82) is 0 Å². The standard InChI is InChI=1S/C17H24N2O3/c1-12-6-7-13(11-20)10-15(12)19-17(22)9-8-16(21)18-14-4-2-3-5-14/h6-7,10,14,20H,2-5,8-9,11H2,1H3,(H,18,21)(H,19,22). The van der Waals surface area contributed by atoms with Crippen molar-refractivity contribution in [2.45, 2.75) is 58.1 Å². The molecule has 0 heterocycles. The van der Waals surface area contributed by atoms with E-state index in [1.165, 1.54) is 12.8 Å². The van der Waals surface area contributed by atoms with E-state index in [0.29, 0.717) is 11.7 Å². The Balaban J connectivity index is 1.78. The Morgan fingerprint density at radius 3 is 2.55 bits per heavy atom. The van der Waals surface area contributed by atoms with Crippen LogP contribution in [0.25, 0.3) is 0 Å². The van der Waals surface area contributed by atoms with Crippen LogP contribution in [0.2, 0.25) is 0 Å². The third-order valence-electron chi connectivity index (χ3n) is 4.06. The number of aliphatic hydroxyl groups is 1. The van der Waals surface area contributed by atoms with Crippen LogP contribution in [-0.4, -0.2) is 23.0 Å². The van der Waals surface area contributed by atoms with E-state index in [-0.39, 0.29) is 31.3 Å². The molecule has 0 bridgehead atoms. The van der Waals surface area contributed by atoms with E-state index in [0.717, 1.165) is 24.0 Å². The van der Waals surface area contributed by atoms with Crippen LogP contribution in [0.15, 0.2) is 18.2 Å². The van der Waals surface area contributed by atoms with Crippen LogP contribution >= 0.6 is 0 Å². The molecule has 1 aromatic rings. The number of hydrogen-bond donors (Lipinski definition) is 3. The number of hydrogen-bond acceptors (Lipinski definition) is 3. The van der Waals surface area contributed by atoms with E-state index in [1.54, 1.807) is 6.07 Å². The van der Waals surface area contributed by atoms with Crippen LogP contribution in [0, 0.1) is 6.92 Å². The Hall–Kier alpha value is -1.88. The first-order valence-electron chi connectivity index (χ1n) is 7.88. The van der Waals surface area contributed by atoms with E-state index in [2.05, 4.69) is 10.6 Å². The van der Waals surface area contributed by atoms with Gasteiger partial charge in [-0.1, -0.05) is 25.0 Å². The number of rotatable bonds is 6. The molecule has 1 saturated carbocycles. The minimum atomic E-state index is -0.181. The van der Waals surface area contributed by atoms with Gasteiger partial charge in [0, 0.05) is 24.6 Å². The van der Waals surface area contributed by atoms with Crippen molar-refractivity contribution in [2.24, 2.45) is 0 Å². The second-order valence-electron chi connectivity index (χ2n) is 5.90. The summed E-state index contributed by atoms with van der Waals surface area (Å²) in [5.41, 5.74) is 2.37. The second kappa shape index (κ2) is 7.94. The lowest BCUT2D eigenvalue weighted by atomic mass is 10.1. The number of aryl methyl sites for hydroxylation is 1. The maximum absolute atomic E-state index is 12.0. The molecule has 0 aliphatic heterocycles. The van der Waals surface area contributed by atoms with E-state index in [1.807, 2.05) is 19.1 Å². The van der Waals surface area contributed by atoms with Crippen molar-refractivity contribution in [3.8, 4) is 0 Å². The van der Waals surface area contributed by atoms with Crippen molar-refractivity contribution < 1.29 is 14.7 Å². The number of amides is 2. The summed E-state index contributed by atoms with van der Waals surface area (Å²) in [6.45, 7) is 1.83.